The van der Waals surface area contributed by atoms with Gasteiger partial charge in [-0.3, -0.25) is 0 Å². The van der Waals surface area contributed by atoms with Crippen LogP contribution in [0.25, 0.3) is 0 Å². The molecule has 86 valence electrons. The van der Waals surface area contributed by atoms with E-state index in [0.717, 1.165) is 24.4 Å². The number of rotatable bonds is 5. The third-order valence-electron chi connectivity index (χ3n) is 3.69. The van der Waals surface area contributed by atoms with Gasteiger partial charge in [0.2, 0.25) is 0 Å². The van der Waals surface area contributed by atoms with E-state index in [1.807, 2.05) is 0 Å². The molecule has 2 heteroatoms. The van der Waals surface area contributed by atoms with E-state index in [4.69, 9.17) is 0 Å². The summed E-state index contributed by atoms with van der Waals surface area (Å²) in [4.78, 5) is 0. The molecule has 0 aliphatic heterocycles. The van der Waals surface area contributed by atoms with Gasteiger partial charge in [0, 0.05) is 17.1 Å². The molecule has 0 saturated heterocycles. The summed E-state index contributed by atoms with van der Waals surface area (Å²) in [5.74, 6) is 1.97. The van der Waals surface area contributed by atoms with Crippen molar-refractivity contribution >= 4 is 15.9 Å². The van der Waals surface area contributed by atoms with Crippen LogP contribution < -0.4 is 5.32 Å². The van der Waals surface area contributed by atoms with Crippen LogP contribution in [0.1, 0.15) is 31.2 Å². The molecule has 0 spiro atoms. The zero-order valence-electron chi connectivity index (χ0n) is 9.45. The molecule has 1 N–H and O–H groups in total. The molecule has 0 radical (unpaired) electrons. The van der Waals surface area contributed by atoms with Crippen molar-refractivity contribution in [3.05, 3.63) is 34.3 Å². The molecule has 0 unspecified atom stereocenters. The van der Waals surface area contributed by atoms with Gasteiger partial charge >= 0.3 is 0 Å². The Morgan fingerprint density at radius 2 is 1.88 bits per heavy atom. The maximum Gasteiger partial charge on any atom is 0.0208 e. The summed E-state index contributed by atoms with van der Waals surface area (Å²) >= 11 is 3.52. The molecule has 0 atom stereocenters. The minimum Gasteiger partial charge on any atom is -0.309 e. The first-order chi connectivity index (χ1) is 7.83. The normalized spacial score (nSPS) is 20.4. The van der Waals surface area contributed by atoms with Gasteiger partial charge < -0.3 is 5.32 Å². The fourth-order valence-electron chi connectivity index (χ4n) is 2.51. The lowest BCUT2D eigenvalue weighted by Gasteiger charge is -2.17. The summed E-state index contributed by atoms with van der Waals surface area (Å²) in [5, 5.41) is 3.77. The first-order valence-electron chi connectivity index (χ1n) is 6.31. The molecule has 2 aliphatic rings. The summed E-state index contributed by atoms with van der Waals surface area (Å²) < 4.78 is 1.18. The number of hydrogen-bond acceptors (Lipinski definition) is 1. The molecule has 3 rings (SSSR count). The SMILES string of the molecule is Brc1cccc(CNC(C2CC2)C2CC2)c1. The molecule has 2 fully saturated rings. The number of hydrogen-bond donors (Lipinski definition) is 1. The Hall–Kier alpha value is -0.340. The van der Waals surface area contributed by atoms with Crippen molar-refractivity contribution < 1.29 is 0 Å². The third kappa shape index (κ3) is 2.67. The highest BCUT2D eigenvalue weighted by Crippen LogP contribution is 2.44. The first kappa shape index (κ1) is 10.8. The van der Waals surface area contributed by atoms with E-state index in [-0.39, 0.29) is 0 Å². The molecule has 16 heavy (non-hydrogen) atoms. The minimum absolute atomic E-state index is 0.805. The van der Waals surface area contributed by atoms with Crippen LogP contribution in [0, 0.1) is 11.8 Å². The Bertz CT molecular complexity index is 357. The number of nitrogens with one attached hydrogen (secondary N) is 1. The van der Waals surface area contributed by atoms with E-state index in [1.165, 1.54) is 35.7 Å². The molecule has 0 heterocycles. The van der Waals surface area contributed by atoms with E-state index in [1.54, 1.807) is 0 Å². The number of benzene rings is 1. The highest BCUT2D eigenvalue weighted by Gasteiger charge is 2.40. The zero-order chi connectivity index (χ0) is 11.0. The molecular weight excluding hydrogens is 262 g/mol. The summed E-state index contributed by atoms with van der Waals surface area (Å²) in [7, 11) is 0. The molecule has 0 bridgehead atoms. The van der Waals surface area contributed by atoms with Gasteiger partial charge in [0.05, 0.1) is 0 Å². The quantitative estimate of drug-likeness (QED) is 0.866. The third-order valence-corrected chi connectivity index (χ3v) is 4.18. The van der Waals surface area contributed by atoms with Crippen LogP contribution in [0.3, 0.4) is 0 Å². The summed E-state index contributed by atoms with van der Waals surface area (Å²) in [5.41, 5.74) is 1.39. The first-order valence-corrected chi connectivity index (χ1v) is 7.10. The zero-order valence-corrected chi connectivity index (χ0v) is 11.0. The second-order valence-corrected chi connectivity index (χ2v) is 6.13. The minimum atomic E-state index is 0.805. The van der Waals surface area contributed by atoms with Crippen molar-refractivity contribution in [2.75, 3.05) is 0 Å². The number of halogens is 1. The van der Waals surface area contributed by atoms with Crippen LogP contribution >= 0.6 is 15.9 Å². The van der Waals surface area contributed by atoms with E-state index in [2.05, 4.69) is 45.5 Å². The smallest absolute Gasteiger partial charge is 0.0208 e. The van der Waals surface area contributed by atoms with Crippen molar-refractivity contribution in [3.63, 3.8) is 0 Å². The van der Waals surface area contributed by atoms with Gasteiger partial charge in [-0.2, -0.15) is 0 Å². The molecule has 0 aromatic heterocycles. The lowest BCUT2D eigenvalue weighted by molar-refractivity contribution is 0.416. The van der Waals surface area contributed by atoms with Crippen molar-refractivity contribution in [1.29, 1.82) is 0 Å². The van der Waals surface area contributed by atoms with Gasteiger partial charge in [-0.15, -0.1) is 0 Å². The molecule has 0 amide bonds. The second-order valence-electron chi connectivity index (χ2n) is 5.21. The van der Waals surface area contributed by atoms with Crippen LogP contribution in [-0.4, -0.2) is 6.04 Å². The lowest BCUT2D eigenvalue weighted by atomic mass is 10.1. The predicted molar refractivity (Wildman–Crippen MR) is 70.2 cm³/mol. The van der Waals surface area contributed by atoms with Crippen molar-refractivity contribution in [2.45, 2.75) is 38.3 Å². The standard InChI is InChI=1S/C14H18BrN/c15-13-3-1-2-10(8-13)9-16-14(11-4-5-11)12-6-7-12/h1-3,8,11-12,14,16H,4-7,9H2. The highest BCUT2D eigenvalue weighted by molar-refractivity contribution is 9.10. The topological polar surface area (TPSA) is 12.0 Å². The van der Waals surface area contributed by atoms with Gasteiger partial charge in [0.25, 0.3) is 0 Å². The highest BCUT2D eigenvalue weighted by atomic mass is 79.9. The van der Waals surface area contributed by atoms with E-state index < -0.39 is 0 Å². The van der Waals surface area contributed by atoms with Crippen LogP contribution in [0.2, 0.25) is 0 Å². The maximum atomic E-state index is 3.77. The summed E-state index contributed by atoms with van der Waals surface area (Å²) in [6.07, 6.45) is 5.80. The molecule has 2 aliphatic carbocycles. The van der Waals surface area contributed by atoms with Crippen molar-refractivity contribution in [3.8, 4) is 0 Å². The average Bonchev–Trinajstić information content (AvgIpc) is 3.13. The van der Waals surface area contributed by atoms with Gasteiger partial charge in [-0.25, -0.2) is 0 Å². The van der Waals surface area contributed by atoms with Crippen LogP contribution in [0.15, 0.2) is 28.7 Å². The Kier molecular flexibility index (Phi) is 3.03. The monoisotopic (exact) mass is 279 g/mol. The van der Waals surface area contributed by atoms with E-state index in [9.17, 15) is 0 Å². The Balaban J connectivity index is 1.58. The van der Waals surface area contributed by atoms with Gasteiger partial charge in [-0.1, -0.05) is 28.1 Å². The maximum absolute atomic E-state index is 3.77. The Morgan fingerprint density at radius 3 is 2.44 bits per heavy atom. The average molecular weight is 280 g/mol. The van der Waals surface area contributed by atoms with Crippen LogP contribution in [0.4, 0.5) is 0 Å². The van der Waals surface area contributed by atoms with Gasteiger partial charge in [0.1, 0.15) is 0 Å². The van der Waals surface area contributed by atoms with Gasteiger partial charge in [-0.05, 0) is 55.2 Å². The predicted octanol–water partition coefficient (Wildman–Crippen LogP) is 3.73. The molecule has 2 saturated carbocycles. The molecule has 1 aromatic rings. The Morgan fingerprint density at radius 1 is 1.19 bits per heavy atom. The summed E-state index contributed by atoms with van der Waals surface area (Å²) in [6.45, 7) is 1.02. The summed E-state index contributed by atoms with van der Waals surface area (Å²) in [6, 6.07) is 9.42. The fraction of sp³-hybridized carbons (Fsp3) is 0.571. The van der Waals surface area contributed by atoms with Gasteiger partial charge in [0.15, 0.2) is 0 Å². The molecular formula is C14H18BrN. The fourth-order valence-corrected chi connectivity index (χ4v) is 2.96. The molecule has 1 aromatic carbocycles. The van der Waals surface area contributed by atoms with E-state index >= 15 is 0 Å². The second kappa shape index (κ2) is 4.50. The van der Waals surface area contributed by atoms with Crippen molar-refractivity contribution in [1.82, 2.24) is 5.32 Å². The van der Waals surface area contributed by atoms with Crippen LogP contribution in [-0.2, 0) is 6.54 Å². The Labute approximate surface area is 106 Å². The molecule has 1 nitrogen and oxygen atoms in total. The van der Waals surface area contributed by atoms with Crippen LogP contribution in [0.5, 0.6) is 0 Å². The van der Waals surface area contributed by atoms with E-state index in [0.29, 0.717) is 0 Å². The largest absolute Gasteiger partial charge is 0.309 e. The van der Waals surface area contributed by atoms with Crippen molar-refractivity contribution in [2.24, 2.45) is 11.8 Å². The lowest BCUT2D eigenvalue weighted by Crippen LogP contribution is -2.32.